The molecule has 3 N–H and O–H groups in total. The number of rotatable bonds is 8. The van der Waals surface area contributed by atoms with Gasteiger partial charge in [0.2, 0.25) is 5.79 Å². The molecule has 2 bridgehead atoms. The summed E-state index contributed by atoms with van der Waals surface area (Å²) in [5.41, 5.74) is 1.26. The number of nitrogens with zero attached hydrogens (tertiary/aromatic N) is 1. The first kappa shape index (κ1) is 57.4. The molecular weight excluding hydrogens is 892 g/mol. The number of ketones is 3. The van der Waals surface area contributed by atoms with Crippen molar-refractivity contribution in [3.05, 3.63) is 47.6 Å². The van der Waals surface area contributed by atoms with Gasteiger partial charge in [-0.2, -0.15) is 0 Å². The van der Waals surface area contributed by atoms with Gasteiger partial charge in [0, 0.05) is 64.5 Å². The predicted octanol–water partition coefficient (Wildman–Crippen LogP) is 6.88. The van der Waals surface area contributed by atoms with E-state index in [-0.39, 0.29) is 60.9 Å². The molecule has 0 spiro atoms. The van der Waals surface area contributed by atoms with Crippen LogP contribution < -0.4 is 5.09 Å². The van der Waals surface area contributed by atoms with Gasteiger partial charge in [-0.1, -0.05) is 71.1 Å². The number of esters is 1. The van der Waals surface area contributed by atoms with Gasteiger partial charge in [-0.05, 0) is 114 Å². The Morgan fingerprint density at radius 2 is 1.62 bits per heavy atom. The zero-order chi connectivity index (χ0) is 50.5. The molecule has 0 radical (unpaired) electrons. The Balaban J connectivity index is 1.70. The highest BCUT2D eigenvalue weighted by Gasteiger charge is 2.53. The van der Waals surface area contributed by atoms with Crippen molar-refractivity contribution in [3.63, 3.8) is 0 Å². The molecule has 4 unspecified atom stereocenters. The molecule has 16 heteroatoms. The average molecular weight is 975 g/mol. The van der Waals surface area contributed by atoms with E-state index in [1.165, 1.54) is 12.0 Å². The second kappa shape index (κ2) is 26.9. The molecule has 15 nitrogen and oxygen atoms in total. The monoisotopic (exact) mass is 975 g/mol. The second-order valence-corrected chi connectivity index (χ2v) is 21.7. The fraction of sp³-hybridized carbons (Fsp3) is 0.750. The van der Waals surface area contributed by atoms with Crippen LogP contribution in [0.2, 0.25) is 0 Å². The zero-order valence-corrected chi connectivity index (χ0v) is 43.6. The number of carbonyl (C=O) groups excluding carboxylic acids is 5. The highest BCUT2D eigenvalue weighted by molar-refractivity contribution is 7.41. The molecule has 384 valence electrons. The van der Waals surface area contributed by atoms with Gasteiger partial charge >= 0.3 is 5.97 Å². The van der Waals surface area contributed by atoms with Crippen molar-refractivity contribution in [2.45, 2.75) is 180 Å². The maximum absolute atomic E-state index is 14.5. The molecule has 0 aromatic carbocycles. The van der Waals surface area contributed by atoms with E-state index >= 15 is 0 Å². The van der Waals surface area contributed by atoms with Gasteiger partial charge in [-0.25, -0.2) is 4.79 Å². The minimum absolute atomic E-state index is 0.0157. The first-order valence-electron chi connectivity index (χ1n) is 24.9. The van der Waals surface area contributed by atoms with E-state index in [0.29, 0.717) is 56.9 Å². The van der Waals surface area contributed by atoms with Crippen molar-refractivity contribution >= 4 is 37.2 Å². The fourth-order valence-electron chi connectivity index (χ4n) is 10.6. The van der Waals surface area contributed by atoms with Crippen molar-refractivity contribution in [3.8, 4) is 0 Å². The van der Waals surface area contributed by atoms with Crippen molar-refractivity contribution < 1.29 is 62.4 Å². The third-order valence-electron chi connectivity index (χ3n) is 14.9. The minimum Gasteiger partial charge on any atom is -0.460 e. The summed E-state index contributed by atoms with van der Waals surface area (Å²) in [7, 11) is 2.64. The van der Waals surface area contributed by atoms with E-state index < -0.39 is 85.7 Å². The molecule has 0 aromatic heterocycles. The number of carbonyl (C=O) groups is 5. The summed E-state index contributed by atoms with van der Waals surface area (Å²) in [5.74, 6) is -7.96. The van der Waals surface area contributed by atoms with Gasteiger partial charge in [0.15, 0.2) is 5.78 Å². The molecule has 4 rings (SSSR count). The normalized spacial score (nSPS) is 39.6. The number of nitrogens with one attached hydrogen (secondary N) is 1. The Morgan fingerprint density at radius 1 is 0.897 bits per heavy atom. The van der Waals surface area contributed by atoms with Gasteiger partial charge in [0.25, 0.3) is 11.7 Å². The Hall–Kier alpha value is -3.14. The van der Waals surface area contributed by atoms with Crippen molar-refractivity contribution in [2.24, 2.45) is 35.5 Å². The summed E-state index contributed by atoms with van der Waals surface area (Å²) in [6, 6.07) is -1.21. The molecule has 1 amide bonds. The molecule has 0 aromatic rings. The number of amides is 1. The largest absolute Gasteiger partial charge is 0.460 e. The molecule has 2 saturated heterocycles. The van der Waals surface area contributed by atoms with E-state index in [1.54, 1.807) is 47.7 Å². The van der Waals surface area contributed by atoms with E-state index in [1.807, 2.05) is 58.1 Å². The first-order chi connectivity index (χ1) is 32.1. The second-order valence-electron chi connectivity index (χ2n) is 20.3. The fourth-order valence-corrected chi connectivity index (χ4v) is 11.4. The topological polar surface area (TPSA) is 204 Å². The van der Waals surface area contributed by atoms with Gasteiger partial charge in [0.05, 0.1) is 18.3 Å². The number of ether oxygens (including phenoxy) is 5. The third-order valence-corrected chi connectivity index (χ3v) is 15.7. The van der Waals surface area contributed by atoms with Gasteiger partial charge < -0.3 is 43.4 Å². The zero-order valence-electron chi connectivity index (χ0n) is 42.6. The highest BCUT2D eigenvalue weighted by Crippen LogP contribution is 2.38. The van der Waals surface area contributed by atoms with Gasteiger partial charge in [-0.15, -0.1) is 0 Å². The predicted molar refractivity (Wildman–Crippen MR) is 261 cm³/mol. The van der Waals surface area contributed by atoms with Crippen LogP contribution in [0.4, 0.5) is 0 Å². The van der Waals surface area contributed by atoms with Gasteiger partial charge in [0.1, 0.15) is 38.1 Å². The van der Waals surface area contributed by atoms with Crippen LogP contribution in [-0.2, 0) is 52.2 Å². The summed E-state index contributed by atoms with van der Waals surface area (Å²) >= 11 is 0. The van der Waals surface area contributed by atoms with Crippen molar-refractivity contribution in [1.29, 1.82) is 0 Å². The number of allylic oxidation sites excluding steroid dienone is 6. The number of aliphatic hydroxyl groups excluding tert-OH is 1. The lowest BCUT2D eigenvalue weighted by Gasteiger charge is -2.42. The number of Topliss-reactive ketones (excluding diaryl/α,β-unsaturated/α-hetero) is 3. The summed E-state index contributed by atoms with van der Waals surface area (Å²) in [5, 5.41) is 26.6. The maximum atomic E-state index is 14.5. The summed E-state index contributed by atoms with van der Waals surface area (Å²) in [4.78, 5) is 72.1. The molecule has 3 aliphatic heterocycles. The Labute approximate surface area is 406 Å². The quantitative estimate of drug-likeness (QED) is 0.0983. The standard InChI is InChI=1S/C52H83N2O13P/c1-31-17-13-12-14-18-32(2)43(63-8)29-39-22-20-37(7)52(61,67-39)49(58)50(59)54-24-16-15-19-41(54)51(60)66-44(34(4)27-38-21-23-40(53-68(11)62)45(28-38)64-9)30-42(55)33(3)26-36(6)47(57)48(65-10)46(56)35(5)25-31/h12-14,17-18,26,31,33-35,37-41,43-45,47-48,57,61,68H,15-16,19-25,27-30H2,1-11H3,(H,53,62)/b14-12+,17-13+,32-18+,36-26+/t31-,33-,34-,35-,37-,38+,39?,40?,41?,43+,44+,45-,47-,48+,52-/m1/s1. The molecule has 68 heavy (non-hydrogen) atoms. The van der Waals surface area contributed by atoms with E-state index in [4.69, 9.17) is 23.7 Å². The smallest absolute Gasteiger partial charge is 0.329 e. The number of piperidine rings is 1. The van der Waals surface area contributed by atoms with Crippen LogP contribution in [0.1, 0.15) is 126 Å². The van der Waals surface area contributed by atoms with Crippen LogP contribution in [-0.4, -0.2) is 133 Å². The Kier molecular flexibility index (Phi) is 22.7. The van der Waals surface area contributed by atoms with E-state index in [9.17, 15) is 38.8 Å². The molecule has 16 atom stereocenters. The van der Waals surface area contributed by atoms with Crippen LogP contribution in [0.25, 0.3) is 0 Å². The lowest BCUT2D eigenvalue weighted by Crippen LogP contribution is -2.61. The summed E-state index contributed by atoms with van der Waals surface area (Å²) in [6.45, 7) is 14.4. The average Bonchev–Trinajstić information content (AvgIpc) is 3.30. The van der Waals surface area contributed by atoms with Crippen LogP contribution in [0, 0.1) is 35.5 Å². The molecule has 3 heterocycles. The van der Waals surface area contributed by atoms with Crippen molar-refractivity contribution in [2.75, 3.05) is 34.5 Å². The Bertz CT molecular complexity index is 1880. The molecule has 4 aliphatic rings. The van der Waals surface area contributed by atoms with Crippen LogP contribution in [0.3, 0.4) is 0 Å². The van der Waals surface area contributed by atoms with Gasteiger partial charge in [-0.3, -0.25) is 24.3 Å². The highest BCUT2D eigenvalue weighted by atomic mass is 31.1. The Morgan fingerprint density at radius 3 is 2.28 bits per heavy atom. The molecule has 3 fully saturated rings. The number of hydrogen-bond donors (Lipinski definition) is 3. The minimum atomic E-state index is -2.43. The number of methoxy groups -OCH3 is 3. The number of aliphatic hydroxyl groups is 2. The maximum Gasteiger partial charge on any atom is 0.329 e. The van der Waals surface area contributed by atoms with Crippen LogP contribution >= 0.6 is 7.95 Å². The van der Waals surface area contributed by atoms with Crippen LogP contribution in [0.5, 0.6) is 0 Å². The first-order valence-corrected chi connectivity index (χ1v) is 26.8. The summed E-state index contributed by atoms with van der Waals surface area (Å²) in [6.07, 6.45) is 12.2. The third kappa shape index (κ3) is 15.4. The summed E-state index contributed by atoms with van der Waals surface area (Å²) < 4.78 is 41.8. The molecular formula is C52H83N2O13P. The molecule has 1 saturated carbocycles. The van der Waals surface area contributed by atoms with E-state index in [2.05, 4.69) is 5.09 Å². The lowest BCUT2D eigenvalue weighted by molar-refractivity contribution is -0.265. The van der Waals surface area contributed by atoms with Crippen molar-refractivity contribution in [1.82, 2.24) is 9.99 Å². The van der Waals surface area contributed by atoms with E-state index in [0.717, 1.165) is 18.4 Å². The number of hydrogen-bond acceptors (Lipinski definition) is 13. The van der Waals surface area contributed by atoms with Crippen LogP contribution in [0.15, 0.2) is 47.6 Å². The lowest BCUT2D eigenvalue weighted by atomic mass is 9.78. The molecule has 1 aliphatic carbocycles. The number of cyclic esters (lactones) is 1. The SMILES string of the molecule is CO[C@H]1CC2CC[C@@H](C)[C@@](O)(O2)C(=O)C(=O)N2CCCCC2C(=O)O[C@H]([C@H](C)C[C@@H]2CCC(N[PH](C)=O)[C@H](OC)C2)CC(=O)[C@H](C)/C=C(\C)[C@@H](O)[C@@H](OC)C(=O)[C@H](C)C[C@H](C)/C=C/C=C/C=C/1C. The number of fused-ring (bicyclic) bond motifs is 3.